The zero-order chi connectivity index (χ0) is 15.6. The fourth-order valence-corrected chi connectivity index (χ4v) is 2.18. The van der Waals surface area contributed by atoms with E-state index in [1.807, 2.05) is 44.4 Å². The van der Waals surface area contributed by atoms with E-state index in [1.54, 1.807) is 4.90 Å². The summed E-state index contributed by atoms with van der Waals surface area (Å²) >= 11 is 0. The Morgan fingerprint density at radius 1 is 1.33 bits per heavy atom. The van der Waals surface area contributed by atoms with E-state index in [2.05, 4.69) is 31.1 Å². The number of hydrogen-bond donors (Lipinski definition) is 1. The van der Waals surface area contributed by atoms with Crippen LogP contribution in [0.25, 0.3) is 10.9 Å². The first-order chi connectivity index (χ1) is 9.90. The molecule has 0 atom stereocenters. The molecule has 1 heterocycles. The highest BCUT2D eigenvalue weighted by Crippen LogP contribution is 2.25. The van der Waals surface area contributed by atoms with Crippen LogP contribution in [0.4, 0.5) is 5.69 Å². The smallest absolute Gasteiger partial charge is 0.272 e. The molecule has 4 nitrogen and oxygen atoms in total. The number of rotatable bonds is 4. The van der Waals surface area contributed by atoms with Crippen LogP contribution in [-0.2, 0) is 0 Å². The van der Waals surface area contributed by atoms with Crippen molar-refractivity contribution in [3.05, 3.63) is 36.0 Å². The average molecular weight is 285 g/mol. The highest BCUT2D eigenvalue weighted by molar-refractivity contribution is 5.99. The number of benzene rings is 1. The van der Waals surface area contributed by atoms with Gasteiger partial charge in [-0.2, -0.15) is 0 Å². The minimum atomic E-state index is -0.190. The van der Waals surface area contributed by atoms with Crippen LogP contribution in [0.3, 0.4) is 0 Å². The van der Waals surface area contributed by atoms with Crippen molar-refractivity contribution in [3.8, 4) is 0 Å². The van der Waals surface area contributed by atoms with Crippen LogP contribution >= 0.6 is 0 Å². The van der Waals surface area contributed by atoms with Crippen molar-refractivity contribution in [1.82, 2.24) is 9.88 Å². The number of nitrogens with zero attached hydrogens (tertiary/aromatic N) is 2. The van der Waals surface area contributed by atoms with Gasteiger partial charge in [-0.15, -0.1) is 0 Å². The van der Waals surface area contributed by atoms with Gasteiger partial charge in [0, 0.05) is 30.7 Å². The molecule has 1 amide bonds. The topological polar surface area (TPSA) is 45.2 Å². The highest BCUT2D eigenvalue weighted by Gasteiger charge is 2.27. The molecule has 0 radical (unpaired) electrons. The standard InChI is InChI=1S/C17H23N3O/c1-6-17(2,3)20(5)16(21)15-11-14(18-4)12-9-7-8-10-13(12)19-15/h7-11H,6H2,1-5H3,(H,18,19). The first-order valence-corrected chi connectivity index (χ1v) is 7.26. The van der Waals surface area contributed by atoms with Crippen LogP contribution in [0.15, 0.2) is 30.3 Å². The second-order valence-electron chi connectivity index (χ2n) is 5.85. The summed E-state index contributed by atoms with van der Waals surface area (Å²) in [5.41, 5.74) is 2.04. The summed E-state index contributed by atoms with van der Waals surface area (Å²) in [6.07, 6.45) is 0.891. The molecule has 4 heteroatoms. The summed E-state index contributed by atoms with van der Waals surface area (Å²) in [7, 11) is 3.69. The molecule has 21 heavy (non-hydrogen) atoms. The second kappa shape index (κ2) is 5.72. The third-order valence-corrected chi connectivity index (χ3v) is 4.28. The van der Waals surface area contributed by atoms with Crippen molar-refractivity contribution in [1.29, 1.82) is 0 Å². The van der Waals surface area contributed by atoms with Crippen molar-refractivity contribution in [3.63, 3.8) is 0 Å². The zero-order valence-corrected chi connectivity index (χ0v) is 13.4. The van der Waals surface area contributed by atoms with E-state index >= 15 is 0 Å². The fraction of sp³-hybridized carbons (Fsp3) is 0.412. The van der Waals surface area contributed by atoms with Gasteiger partial charge < -0.3 is 10.2 Å². The molecule has 0 aliphatic carbocycles. The van der Waals surface area contributed by atoms with Gasteiger partial charge in [0.05, 0.1) is 5.52 Å². The molecule has 112 valence electrons. The van der Waals surface area contributed by atoms with E-state index in [1.165, 1.54) is 0 Å². The lowest BCUT2D eigenvalue weighted by atomic mass is 9.99. The van der Waals surface area contributed by atoms with Gasteiger partial charge in [-0.1, -0.05) is 25.1 Å². The number of aromatic nitrogens is 1. The van der Waals surface area contributed by atoms with E-state index in [-0.39, 0.29) is 11.4 Å². The normalized spacial score (nSPS) is 11.5. The number of amides is 1. The molecule has 2 aromatic rings. The van der Waals surface area contributed by atoms with E-state index in [0.29, 0.717) is 5.69 Å². The third-order valence-electron chi connectivity index (χ3n) is 4.28. The minimum Gasteiger partial charge on any atom is -0.388 e. The molecule has 0 unspecified atom stereocenters. The maximum Gasteiger partial charge on any atom is 0.272 e. The average Bonchev–Trinajstić information content (AvgIpc) is 2.52. The predicted octanol–water partition coefficient (Wildman–Crippen LogP) is 3.54. The van der Waals surface area contributed by atoms with Crippen molar-refractivity contribution in [2.75, 3.05) is 19.4 Å². The summed E-state index contributed by atoms with van der Waals surface area (Å²) < 4.78 is 0. The van der Waals surface area contributed by atoms with Gasteiger partial charge >= 0.3 is 0 Å². The second-order valence-corrected chi connectivity index (χ2v) is 5.85. The SMILES string of the molecule is CCC(C)(C)N(C)C(=O)c1cc(NC)c2ccccc2n1. The zero-order valence-electron chi connectivity index (χ0n) is 13.4. The quantitative estimate of drug-likeness (QED) is 0.934. The molecule has 0 fully saturated rings. The largest absolute Gasteiger partial charge is 0.388 e. The molecule has 1 aromatic heterocycles. The van der Waals surface area contributed by atoms with Gasteiger partial charge in [-0.3, -0.25) is 4.79 Å². The molecule has 0 aliphatic rings. The number of nitrogens with one attached hydrogen (secondary N) is 1. The first-order valence-electron chi connectivity index (χ1n) is 7.26. The van der Waals surface area contributed by atoms with Crippen LogP contribution in [0.1, 0.15) is 37.7 Å². The van der Waals surface area contributed by atoms with Crippen molar-refractivity contribution < 1.29 is 4.79 Å². The fourth-order valence-electron chi connectivity index (χ4n) is 2.18. The molecule has 0 aliphatic heterocycles. The monoisotopic (exact) mass is 285 g/mol. The van der Waals surface area contributed by atoms with Crippen molar-refractivity contribution in [2.24, 2.45) is 0 Å². The number of carbonyl (C=O) groups excluding carboxylic acids is 1. The van der Waals surface area contributed by atoms with Crippen molar-refractivity contribution in [2.45, 2.75) is 32.7 Å². The number of para-hydroxylation sites is 1. The predicted molar refractivity (Wildman–Crippen MR) is 87.8 cm³/mol. The van der Waals surface area contributed by atoms with Crippen LogP contribution in [0, 0.1) is 0 Å². The van der Waals surface area contributed by atoms with E-state index in [9.17, 15) is 4.79 Å². The Bertz CT molecular complexity index is 664. The van der Waals surface area contributed by atoms with E-state index in [0.717, 1.165) is 23.0 Å². The first kappa shape index (κ1) is 15.3. The number of fused-ring (bicyclic) bond motifs is 1. The Hall–Kier alpha value is -2.10. The maximum absolute atomic E-state index is 12.7. The van der Waals surface area contributed by atoms with Crippen LogP contribution in [0.2, 0.25) is 0 Å². The molecule has 0 saturated heterocycles. The minimum absolute atomic E-state index is 0.0518. The number of pyridine rings is 1. The molecule has 1 aromatic carbocycles. The summed E-state index contributed by atoms with van der Waals surface area (Å²) in [4.78, 5) is 19.0. The Morgan fingerprint density at radius 2 is 2.00 bits per heavy atom. The number of carbonyl (C=O) groups is 1. The Balaban J connectivity index is 2.49. The molecular formula is C17H23N3O. The lowest BCUT2D eigenvalue weighted by Gasteiger charge is -2.34. The van der Waals surface area contributed by atoms with Crippen LogP contribution in [0.5, 0.6) is 0 Å². The highest BCUT2D eigenvalue weighted by atomic mass is 16.2. The molecule has 1 N–H and O–H groups in total. The van der Waals surface area contributed by atoms with Gasteiger partial charge in [0.1, 0.15) is 5.69 Å². The summed E-state index contributed by atoms with van der Waals surface area (Å²) in [6.45, 7) is 6.20. The third kappa shape index (κ3) is 2.84. The van der Waals surface area contributed by atoms with Gasteiger partial charge in [0.15, 0.2) is 0 Å². The number of hydrogen-bond acceptors (Lipinski definition) is 3. The van der Waals surface area contributed by atoms with Crippen LogP contribution in [-0.4, -0.2) is 35.4 Å². The lowest BCUT2D eigenvalue weighted by Crippen LogP contribution is -2.44. The number of anilines is 1. The lowest BCUT2D eigenvalue weighted by molar-refractivity contribution is 0.0614. The van der Waals surface area contributed by atoms with Gasteiger partial charge in [-0.25, -0.2) is 4.98 Å². The summed E-state index contributed by atoms with van der Waals surface area (Å²) in [6, 6.07) is 9.66. The van der Waals surface area contributed by atoms with Gasteiger partial charge in [-0.05, 0) is 32.4 Å². The molecule has 0 saturated carbocycles. The van der Waals surface area contributed by atoms with E-state index in [4.69, 9.17) is 0 Å². The Labute approximate surface area is 126 Å². The molecular weight excluding hydrogens is 262 g/mol. The van der Waals surface area contributed by atoms with E-state index < -0.39 is 0 Å². The van der Waals surface area contributed by atoms with Crippen LogP contribution < -0.4 is 5.32 Å². The Kier molecular flexibility index (Phi) is 4.16. The summed E-state index contributed by atoms with van der Waals surface area (Å²) in [5.74, 6) is -0.0518. The summed E-state index contributed by atoms with van der Waals surface area (Å²) in [5, 5.41) is 4.17. The van der Waals surface area contributed by atoms with Gasteiger partial charge in [0.2, 0.25) is 0 Å². The molecule has 0 spiro atoms. The molecule has 2 rings (SSSR count). The Morgan fingerprint density at radius 3 is 2.62 bits per heavy atom. The van der Waals surface area contributed by atoms with Crippen molar-refractivity contribution >= 4 is 22.5 Å². The maximum atomic E-state index is 12.7. The molecule has 0 bridgehead atoms. The van der Waals surface area contributed by atoms with Gasteiger partial charge in [0.25, 0.3) is 5.91 Å².